The fraction of sp³-hybridized carbons (Fsp3) is 0.250. The van der Waals surface area contributed by atoms with Gasteiger partial charge in [-0.15, -0.1) is 0 Å². The monoisotopic (exact) mass is 501 g/mol. The average molecular weight is 502 g/mol. The molecule has 2 aromatic carbocycles. The largest absolute Gasteiger partial charge is 0.293 e. The van der Waals surface area contributed by atoms with E-state index in [1.807, 2.05) is 37.3 Å². The number of halogens is 1. The SMILES string of the molecule is Cc1ccccc1C(=O)NNC(=O)CCCCCN1C(=O)/C(=C/c2ccc(Cl)cc2)SC1=S. The van der Waals surface area contributed by atoms with Gasteiger partial charge in [0.15, 0.2) is 0 Å². The van der Waals surface area contributed by atoms with Crippen molar-refractivity contribution in [2.24, 2.45) is 0 Å². The van der Waals surface area contributed by atoms with Gasteiger partial charge in [0.2, 0.25) is 5.91 Å². The Bertz CT molecular complexity index is 1090. The van der Waals surface area contributed by atoms with Gasteiger partial charge in [0, 0.05) is 23.6 Å². The Morgan fingerprint density at radius 3 is 2.52 bits per heavy atom. The number of aryl methyl sites for hydroxylation is 1. The van der Waals surface area contributed by atoms with Crippen molar-refractivity contribution in [3.8, 4) is 0 Å². The summed E-state index contributed by atoms with van der Waals surface area (Å²) in [6.07, 6.45) is 4.21. The molecule has 0 spiro atoms. The summed E-state index contributed by atoms with van der Waals surface area (Å²) in [7, 11) is 0. The summed E-state index contributed by atoms with van der Waals surface area (Å²) in [4.78, 5) is 39.0. The van der Waals surface area contributed by atoms with Crippen molar-refractivity contribution in [2.75, 3.05) is 6.54 Å². The number of hydrogen-bond acceptors (Lipinski definition) is 5. The molecule has 33 heavy (non-hydrogen) atoms. The third kappa shape index (κ3) is 7.15. The zero-order valence-corrected chi connectivity index (χ0v) is 20.5. The average Bonchev–Trinajstić information content (AvgIpc) is 3.06. The number of hydrogen-bond donors (Lipinski definition) is 2. The van der Waals surface area contributed by atoms with Crippen LogP contribution in [0.25, 0.3) is 6.08 Å². The number of carbonyl (C=O) groups is 3. The van der Waals surface area contributed by atoms with Gasteiger partial charge < -0.3 is 0 Å². The van der Waals surface area contributed by atoms with Crippen LogP contribution in [-0.2, 0) is 9.59 Å². The van der Waals surface area contributed by atoms with Crippen LogP contribution in [0.5, 0.6) is 0 Å². The molecule has 0 radical (unpaired) electrons. The molecule has 1 heterocycles. The molecule has 1 saturated heterocycles. The number of benzene rings is 2. The number of unbranched alkanes of at least 4 members (excludes halogenated alkanes) is 2. The van der Waals surface area contributed by atoms with E-state index in [4.69, 9.17) is 23.8 Å². The predicted molar refractivity (Wildman–Crippen MR) is 137 cm³/mol. The molecule has 3 rings (SSSR count). The number of thioether (sulfide) groups is 1. The summed E-state index contributed by atoms with van der Waals surface area (Å²) < 4.78 is 0.539. The number of nitrogens with zero attached hydrogens (tertiary/aromatic N) is 1. The molecule has 2 N–H and O–H groups in total. The van der Waals surface area contributed by atoms with Gasteiger partial charge >= 0.3 is 0 Å². The van der Waals surface area contributed by atoms with Gasteiger partial charge in [-0.25, -0.2) is 0 Å². The Hall–Kier alpha value is -2.68. The van der Waals surface area contributed by atoms with Crippen LogP contribution in [0.3, 0.4) is 0 Å². The molecule has 0 unspecified atom stereocenters. The second kappa shape index (κ2) is 12.0. The van der Waals surface area contributed by atoms with Crippen molar-refractivity contribution in [3.05, 3.63) is 75.1 Å². The highest BCUT2D eigenvalue weighted by atomic mass is 35.5. The Kier molecular flexibility index (Phi) is 9.05. The van der Waals surface area contributed by atoms with Crippen LogP contribution < -0.4 is 10.9 Å². The van der Waals surface area contributed by atoms with E-state index in [0.717, 1.165) is 24.0 Å². The number of carbonyl (C=O) groups excluding carboxylic acids is 3. The standard InChI is InChI=1S/C24H24ClN3O3S2/c1-16-7-4-5-8-19(16)22(30)27-26-21(29)9-3-2-6-14-28-23(31)20(33-24(28)32)15-17-10-12-18(25)13-11-17/h4-5,7-8,10-13,15H,2-3,6,9,14H2,1H3,(H,26,29)(H,27,30)/b20-15-. The van der Waals surface area contributed by atoms with Crippen LogP contribution in [0.4, 0.5) is 0 Å². The van der Waals surface area contributed by atoms with Crippen molar-refractivity contribution in [3.63, 3.8) is 0 Å². The van der Waals surface area contributed by atoms with Crippen molar-refractivity contribution in [1.82, 2.24) is 15.8 Å². The van der Waals surface area contributed by atoms with Crippen LogP contribution in [-0.4, -0.2) is 33.5 Å². The van der Waals surface area contributed by atoms with Gasteiger partial charge in [0.1, 0.15) is 4.32 Å². The van der Waals surface area contributed by atoms with E-state index in [1.165, 1.54) is 11.8 Å². The van der Waals surface area contributed by atoms with E-state index >= 15 is 0 Å². The Labute approximate surface area is 207 Å². The molecular formula is C24H24ClN3O3S2. The van der Waals surface area contributed by atoms with E-state index < -0.39 is 0 Å². The Morgan fingerprint density at radius 2 is 1.79 bits per heavy atom. The number of rotatable bonds is 8. The molecule has 0 bridgehead atoms. The minimum atomic E-state index is -0.345. The lowest BCUT2D eigenvalue weighted by Crippen LogP contribution is -2.41. The third-order valence-corrected chi connectivity index (χ3v) is 6.66. The van der Waals surface area contributed by atoms with Gasteiger partial charge in [-0.3, -0.25) is 30.1 Å². The van der Waals surface area contributed by atoms with E-state index in [0.29, 0.717) is 32.8 Å². The topological polar surface area (TPSA) is 78.5 Å². The molecule has 2 aromatic rings. The number of hydrazine groups is 1. The highest BCUT2D eigenvalue weighted by Gasteiger charge is 2.31. The first-order chi connectivity index (χ1) is 15.8. The van der Waals surface area contributed by atoms with E-state index in [-0.39, 0.29) is 24.1 Å². The number of nitrogens with one attached hydrogen (secondary N) is 2. The first-order valence-electron chi connectivity index (χ1n) is 10.5. The molecule has 172 valence electrons. The summed E-state index contributed by atoms with van der Waals surface area (Å²) >= 11 is 12.6. The van der Waals surface area contributed by atoms with Gasteiger partial charge in [-0.1, -0.05) is 72.3 Å². The second-order valence-corrected chi connectivity index (χ2v) is 9.62. The summed E-state index contributed by atoms with van der Waals surface area (Å²) in [5.74, 6) is -0.701. The van der Waals surface area contributed by atoms with Crippen molar-refractivity contribution < 1.29 is 14.4 Å². The summed E-state index contributed by atoms with van der Waals surface area (Å²) in [5, 5.41) is 0.641. The molecule has 0 aliphatic carbocycles. The molecular weight excluding hydrogens is 478 g/mol. The highest BCUT2D eigenvalue weighted by Crippen LogP contribution is 2.32. The first-order valence-corrected chi connectivity index (χ1v) is 12.1. The third-order valence-electron chi connectivity index (χ3n) is 5.03. The smallest absolute Gasteiger partial charge is 0.269 e. The molecule has 0 saturated carbocycles. The van der Waals surface area contributed by atoms with E-state index in [2.05, 4.69) is 10.9 Å². The Balaban J connectivity index is 1.36. The molecule has 0 aromatic heterocycles. The maximum absolute atomic E-state index is 12.7. The van der Waals surface area contributed by atoms with E-state index in [9.17, 15) is 14.4 Å². The number of amides is 3. The van der Waals surface area contributed by atoms with Crippen LogP contribution in [0.15, 0.2) is 53.4 Å². The normalized spacial score (nSPS) is 14.6. The lowest BCUT2D eigenvalue weighted by atomic mass is 10.1. The fourth-order valence-corrected chi connectivity index (χ4v) is 4.65. The lowest BCUT2D eigenvalue weighted by molar-refractivity contribution is -0.123. The molecule has 1 aliphatic heterocycles. The molecule has 6 nitrogen and oxygen atoms in total. The molecule has 3 amide bonds. The predicted octanol–water partition coefficient (Wildman–Crippen LogP) is 4.87. The Morgan fingerprint density at radius 1 is 1.06 bits per heavy atom. The molecule has 9 heteroatoms. The zero-order valence-electron chi connectivity index (χ0n) is 18.1. The molecule has 1 fully saturated rings. The van der Waals surface area contributed by atoms with E-state index in [1.54, 1.807) is 29.2 Å². The first kappa shape index (κ1) is 25.0. The van der Waals surface area contributed by atoms with Crippen molar-refractivity contribution in [1.29, 1.82) is 0 Å². The lowest BCUT2D eigenvalue weighted by Gasteiger charge is -2.14. The minimum Gasteiger partial charge on any atom is -0.293 e. The summed E-state index contributed by atoms with van der Waals surface area (Å²) in [6, 6.07) is 14.4. The fourth-order valence-electron chi connectivity index (χ4n) is 3.22. The van der Waals surface area contributed by atoms with Crippen LogP contribution in [0, 0.1) is 6.92 Å². The summed E-state index contributed by atoms with van der Waals surface area (Å²) in [5.41, 5.74) is 7.13. The van der Waals surface area contributed by atoms with Gasteiger partial charge in [0.25, 0.3) is 11.8 Å². The maximum Gasteiger partial charge on any atom is 0.269 e. The van der Waals surface area contributed by atoms with Crippen LogP contribution >= 0.6 is 35.6 Å². The summed E-state index contributed by atoms with van der Waals surface area (Å²) in [6.45, 7) is 2.34. The van der Waals surface area contributed by atoms with Gasteiger partial charge in [0.05, 0.1) is 4.91 Å². The van der Waals surface area contributed by atoms with Crippen LogP contribution in [0.1, 0.15) is 47.2 Å². The van der Waals surface area contributed by atoms with Crippen LogP contribution in [0.2, 0.25) is 5.02 Å². The zero-order chi connectivity index (χ0) is 23.8. The molecule has 0 atom stereocenters. The quantitative estimate of drug-likeness (QED) is 0.233. The second-order valence-electron chi connectivity index (χ2n) is 7.51. The van der Waals surface area contributed by atoms with Crippen molar-refractivity contribution >= 4 is 63.7 Å². The van der Waals surface area contributed by atoms with Crippen molar-refractivity contribution in [2.45, 2.75) is 32.6 Å². The number of thiocarbonyl (C=S) groups is 1. The minimum absolute atomic E-state index is 0.100. The molecule has 1 aliphatic rings. The highest BCUT2D eigenvalue weighted by molar-refractivity contribution is 8.26. The van der Waals surface area contributed by atoms with Gasteiger partial charge in [-0.05, 0) is 55.2 Å². The van der Waals surface area contributed by atoms with Gasteiger partial charge in [-0.2, -0.15) is 0 Å². The maximum atomic E-state index is 12.7.